The maximum Gasteiger partial charge on any atom is 0.244 e. The summed E-state index contributed by atoms with van der Waals surface area (Å²) in [6.07, 6.45) is 8.84. The third kappa shape index (κ3) is 4.49. The molecular weight excluding hydrogens is 398 g/mol. The lowest BCUT2D eigenvalue weighted by atomic mass is 10.1. The van der Waals surface area contributed by atoms with Crippen molar-refractivity contribution in [3.8, 4) is 0 Å². The van der Waals surface area contributed by atoms with E-state index in [2.05, 4.69) is 20.0 Å². The molecule has 2 aromatic heterocycles. The highest BCUT2D eigenvalue weighted by Gasteiger charge is 2.13. The molecule has 1 aromatic carbocycles. The largest absolute Gasteiger partial charge is 0.347 e. The summed E-state index contributed by atoms with van der Waals surface area (Å²) in [5, 5.41) is 8.27. The number of nitrogens with zero attached hydrogens (tertiary/aromatic N) is 4. The van der Waals surface area contributed by atoms with Gasteiger partial charge in [-0.2, -0.15) is 5.10 Å². The van der Waals surface area contributed by atoms with Crippen molar-refractivity contribution in [3.05, 3.63) is 75.6 Å². The van der Waals surface area contributed by atoms with Crippen LogP contribution < -0.4 is 5.32 Å². The van der Waals surface area contributed by atoms with Gasteiger partial charge in [-0.1, -0.05) is 29.8 Å². The zero-order chi connectivity index (χ0) is 21.1. The normalized spacial score (nSPS) is 13.6. The second kappa shape index (κ2) is 8.88. The molecule has 1 amide bonds. The first kappa shape index (κ1) is 20.4. The van der Waals surface area contributed by atoms with Crippen molar-refractivity contribution in [2.24, 2.45) is 0 Å². The van der Waals surface area contributed by atoms with Gasteiger partial charge in [0.05, 0.1) is 24.5 Å². The van der Waals surface area contributed by atoms with Crippen LogP contribution in [-0.2, 0) is 30.8 Å². The number of aromatic nitrogens is 4. The molecule has 0 saturated heterocycles. The SMILES string of the molecule is Cc1nn(Cc2ccccc2Cl)c(C)c1/C=C/C(=O)NCc1cn2c(n1)CCCC2. The van der Waals surface area contributed by atoms with Crippen LogP contribution in [0.25, 0.3) is 6.08 Å². The molecular formula is C23H26ClN5O. The number of hydrogen-bond acceptors (Lipinski definition) is 3. The minimum Gasteiger partial charge on any atom is -0.347 e. The van der Waals surface area contributed by atoms with E-state index in [4.69, 9.17) is 11.6 Å². The van der Waals surface area contributed by atoms with Gasteiger partial charge in [-0.3, -0.25) is 9.48 Å². The van der Waals surface area contributed by atoms with Crippen LogP contribution in [0.15, 0.2) is 36.5 Å². The molecule has 1 N–H and O–H groups in total. The van der Waals surface area contributed by atoms with E-state index in [-0.39, 0.29) is 5.91 Å². The highest BCUT2D eigenvalue weighted by Crippen LogP contribution is 2.20. The van der Waals surface area contributed by atoms with Gasteiger partial charge >= 0.3 is 0 Å². The molecule has 0 unspecified atom stereocenters. The molecule has 6 nitrogen and oxygen atoms in total. The lowest BCUT2D eigenvalue weighted by molar-refractivity contribution is -0.116. The quantitative estimate of drug-likeness (QED) is 0.608. The number of amides is 1. The zero-order valence-electron chi connectivity index (χ0n) is 17.4. The molecule has 0 bridgehead atoms. The number of hydrogen-bond donors (Lipinski definition) is 1. The van der Waals surface area contributed by atoms with E-state index in [1.807, 2.05) is 55.1 Å². The Balaban J connectivity index is 1.39. The molecule has 0 aliphatic carbocycles. The first-order valence-corrected chi connectivity index (χ1v) is 10.7. The van der Waals surface area contributed by atoms with E-state index in [1.54, 1.807) is 6.08 Å². The van der Waals surface area contributed by atoms with Gasteiger partial charge in [0.15, 0.2) is 0 Å². The Morgan fingerprint density at radius 2 is 2.10 bits per heavy atom. The molecule has 7 heteroatoms. The number of imidazole rings is 1. The van der Waals surface area contributed by atoms with Crippen molar-refractivity contribution in [1.29, 1.82) is 0 Å². The summed E-state index contributed by atoms with van der Waals surface area (Å²) in [5.41, 5.74) is 4.76. The summed E-state index contributed by atoms with van der Waals surface area (Å²) < 4.78 is 4.12. The predicted molar refractivity (Wildman–Crippen MR) is 118 cm³/mol. The number of benzene rings is 1. The minimum absolute atomic E-state index is 0.140. The molecule has 0 saturated carbocycles. The Bertz CT molecular complexity index is 1070. The second-order valence-corrected chi connectivity index (χ2v) is 8.09. The Kier molecular flexibility index (Phi) is 6.04. The minimum atomic E-state index is -0.140. The first-order chi connectivity index (χ1) is 14.5. The number of halogens is 1. The summed E-state index contributed by atoms with van der Waals surface area (Å²) in [5.74, 6) is 0.983. The molecule has 3 heterocycles. The van der Waals surface area contributed by atoms with Crippen molar-refractivity contribution < 1.29 is 4.79 Å². The van der Waals surface area contributed by atoms with Crippen molar-refractivity contribution >= 4 is 23.6 Å². The highest BCUT2D eigenvalue weighted by molar-refractivity contribution is 6.31. The van der Waals surface area contributed by atoms with Crippen molar-refractivity contribution in [1.82, 2.24) is 24.6 Å². The molecule has 4 rings (SSSR count). The molecule has 0 spiro atoms. The number of nitrogens with one attached hydrogen (secondary N) is 1. The monoisotopic (exact) mass is 423 g/mol. The standard InChI is InChI=1S/C23H26ClN5O/c1-16-20(17(2)29(27-16)14-18-7-3-4-8-21(18)24)10-11-23(30)25-13-19-15-28-12-6-5-9-22(28)26-19/h3-4,7-8,10-11,15H,5-6,9,12-14H2,1-2H3,(H,25,30)/b11-10+. The topological polar surface area (TPSA) is 64.7 Å². The summed E-state index contributed by atoms with van der Waals surface area (Å²) >= 11 is 6.28. The maximum absolute atomic E-state index is 12.3. The molecule has 0 atom stereocenters. The maximum atomic E-state index is 12.3. The highest BCUT2D eigenvalue weighted by atomic mass is 35.5. The Morgan fingerprint density at radius 3 is 2.90 bits per heavy atom. The van der Waals surface area contributed by atoms with Gasteiger partial charge < -0.3 is 9.88 Å². The number of carbonyl (C=O) groups is 1. The average Bonchev–Trinajstić information content (AvgIpc) is 3.27. The smallest absolute Gasteiger partial charge is 0.244 e. The van der Waals surface area contributed by atoms with E-state index >= 15 is 0 Å². The molecule has 0 radical (unpaired) electrons. The number of rotatable bonds is 6. The second-order valence-electron chi connectivity index (χ2n) is 7.68. The zero-order valence-corrected chi connectivity index (χ0v) is 18.1. The molecule has 0 fully saturated rings. The van der Waals surface area contributed by atoms with Crippen LogP contribution in [0.5, 0.6) is 0 Å². The lowest BCUT2D eigenvalue weighted by Gasteiger charge is -2.11. The lowest BCUT2D eigenvalue weighted by Crippen LogP contribution is -2.20. The fourth-order valence-electron chi connectivity index (χ4n) is 3.85. The first-order valence-electron chi connectivity index (χ1n) is 10.3. The number of fused-ring (bicyclic) bond motifs is 1. The summed E-state index contributed by atoms with van der Waals surface area (Å²) in [6, 6.07) is 7.76. The molecule has 30 heavy (non-hydrogen) atoms. The summed E-state index contributed by atoms with van der Waals surface area (Å²) in [7, 11) is 0. The van der Waals surface area contributed by atoms with E-state index in [9.17, 15) is 4.79 Å². The van der Waals surface area contributed by atoms with Crippen molar-refractivity contribution in [2.75, 3.05) is 0 Å². The van der Waals surface area contributed by atoms with Gasteiger partial charge in [0, 0.05) is 41.5 Å². The predicted octanol–water partition coefficient (Wildman–Crippen LogP) is 4.06. The van der Waals surface area contributed by atoms with Crippen LogP contribution in [0.1, 0.15) is 46.9 Å². The van der Waals surface area contributed by atoms with Crippen LogP contribution in [0.2, 0.25) is 5.02 Å². The van der Waals surface area contributed by atoms with Crippen LogP contribution in [0.3, 0.4) is 0 Å². The van der Waals surface area contributed by atoms with Crippen molar-refractivity contribution in [2.45, 2.75) is 52.7 Å². The van der Waals surface area contributed by atoms with Crippen molar-refractivity contribution in [3.63, 3.8) is 0 Å². The van der Waals surface area contributed by atoms with Crippen LogP contribution >= 0.6 is 11.6 Å². The molecule has 3 aromatic rings. The average molecular weight is 424 g/mol. The fraction of sp³-hybridized carbons (Fsp3) is 0.348. The van der Waals surface area contributed by atoms with Gasteiger partial charge in [0.1, 0.15) is 5.82 Å². The number of aryl methyl sites for hydroxylation is 3. The van der Waals surface area contributed by atoms with Gasteiger partial charge in [-0.15, -0.1) is 0 Å². The van der Waals surface area contributed by atoms with E-state index in [1.165, 1.54) is 12.8 Å². The van der Waals surface area contributed by atoms with E-state index < -0.39 is 0 Å². The Morgan fingerprint density at radius 1 is 1.27 bits per heavy atom. The van der Waals surface area contributed by atoms with E-state index in [0.717, 1.165) is 52.0 Å². The Hall–Kier alpha value is -2.86. The molecule has 156 valence electrons. The van der Waals surface area contributed by atoms with Gasteiger partial charge in [0.2, 0.25) is 5.91 Å². The van der Waals surface area contributed by atoms with Crippen LogP contribution in [0, 0.1) is 13.8 Å². The van der Waals surface area contributed by atoms with E-state index in [0.29, 0.717) is 13.1 Å². The molecule has 1 aliphatic rings. The third-order valence-electron chi connectivity index (χ3n) is 5.52. The third-order valence-corrected chi connectivity index (χ3v) is 5.89. The van der Waals surface area contributed by atoms with Crippen LogP contribution in [0.4, 0.5) is 0 Å². The summed E-state index contributed by atoms with van der Waals surface area (Å²) in [4.78, 5) is 16.9. The summed E-state index contributed by atoms with van der Waals surface area (Å²) in [6.45, 7) is 6.00. The fourth-order valence-corrected chi connectivity index (χ4v) is 4.04. The van der Waals surface area contributed by atoms with Gasteiger partial charge in [0.25, 0.3) is 0 Å². The number of carbonyl (C=O) groups excluding carboxylic acids is 1. The van der Waals surface area contributed by atoms with Gasteiger partial charge in [-0.05, 0) is 44.4 Å². The van der Waals surface area contributed by atoms with Gasteiger partial charge in [-0.25, -0.2) is 4.98 Å². The molecule has 1 aliphatic heterocycles. The Labute approximate surface area is 181 Å². The van der Waals surface area contributed by atoms with Crippen LogP contribution in [-0.4, -0.2) is 25.2 Å².